The summed E-state index contributed by atoms with van der Waals surface area (Å²) in [6.07, 6.45) is 2.39. The van der Waals surface area contributed by atoms with Crippen LogP contribution in [0.15, 0.2) is 83.5 Å². The fraction of sp³-hybridized carbons (Fsp3) is 0.125. The van der Waals surface area contributed by atoms with E-state index >= 15 is 0 Å². The van der Waals surface area contributed by atoms with Crippen molar-refractivity contribution in [3.63, 3.8) is 0 Å². The maximum Gasteiger partial charge on any atom is 0.256 e. The van der Waals surface area contributed by atoms with Crippen LogP contribution in [0.1, 0.15) is 11.1 Å². The summed E-state index contributed by atoms with van der Waals surface area (Å²) in [5, 5.41) is 4.41. The number of nitrogens with zero attached hydrogens (tertiary/aromatic N) is 5. The zero-order valence-electron chi connectivity index (χ0n) is 17.2. The second-order valence-electron chi connectivity index (χ2n) is 7.45. The van der Waals surface area contributed by atoms with Crippen molar-refractivity contribution in [1.29, 1.82) is 0 Å². The summed E-state index contributed by atoms with van der Waals surface area (Å²) in [5.41, 5.74) is 8.48. The minimum atomic E-state index is -0.262. The lowest BCUT2D eigenvalue weighted by Crippen LogP contribution is -2.27. The lowest BCUT2D eigenvalue weighted by molar-refractivity contribution is 0.577. The fourth-order valence-corrected chi connectivity index (χ4v) is 3.54. The van der Waals surface area contributed by atoms with Crippen molar-refractivity contribution in [3.05, 3.63) is 96.0 Å². The molecule has 160 valence electrons. The first kappa shape index (κ1) is 19.7. The second kappa shape index (κ2) is 8.50. The van der Waals surface area contributed by atoms with Gasteiger partial charge in [0.05, 0.1) is 6.26 Å². The topological polar surface area (TPSA) is 85.5 Å². The SMILES string of the molecule is Nc1cc(N(CCc2ccccc2)Cc2ccc(F)cc2)nc2nc(-c3ccco3)nn12. The molecule has 0 bridgehead atoms. The van der Waals surface area contributed by atoms with Gasteiger partial charge in [-0.15, -0.1) is 5.10 Å². The molecule has 7 nitrogen and oxygen atoms in total. The van der Waals surface area contributed by atoms with Gasteiger partial charge in [-0.3, -0.25) is 0 Å². The molecule has 0 spiro atoms. The molecule has 3 heterocycles. The molecule has 2 aromatic carbocycles. The van der Waals surface area contributed by atoms with Crippen LogP contribution < -0.4 is 10.6 Å². The van der Waals surface area contributed by atoms with Crippen LogP contribution in [0.25, 0.3) is 17.4 Å². The van der Waals surface area contributed by atoms with Crippen molar-refractivity contribution in [2.45, 2.75) is 13.0 Å². The van der Waals surface area contributed by atoms with Crippen LogP contribution in [0.3, 0.4) is 0 Å². The van der Waals surface area contributed by atoms with Crippen LogP contribution in [-0.2, 0) is 13.0 Å². The van der Waals surface area contributed by atoms with E-state index in [2.05, 4.69) is 27.1 Å². The number of halogens is 1. The van der Waals surface area contributed by atoms with Gasteiger partial charge in [-0.25, -0.2) is 4.39 Å². The molecule has 8 heteroatoms. The molecular formula is C24H21FN6O. The normalized spacial score (nSPS) is 11.2. The predicted molar refractivity (Wildman–Crippen MR) is 120 cm³/mol. The number of aromatic nitrogens is 4. The Kier molecular flexibility index (Phi) is 5.25. The molecule has 0 saturated carbocycles. The molecular weight excluding hydrogens is 407 g/mol. The van der Waals surface area contributed by atoms with Gasteiger partial charge < -0.3 is 15.1 Å². The lowest BCUT2D eigenvalue weighted by atomic mass is 10.1. The first-order chi connectivity index (χ1) is 15.7. The monoisotopic (exact) mass is 428 g/mol. The quantitative estimate of drug-likeness (QED) is 0.415. The van der Waals surface area contributed by atoms with Gasteiger partial charge in [0, 0.05) is 19.2 Å². The Hall–Kier alpha value is -4.20. The number of anilines is 2. The highest BCUT2D eigenvalue weighted by Gasteiger charge is 2.16. The van der Waals surface area contributed by atoms with Crippen LogP contribution in [0.5, 0.6) is 0 Å². The van der Waals surface area contributed by atoms with E-state index in [1.165, 1.54) is 22.2 Å². The number of hydrogen-bond acceptors (Lipinski definition) is 6. The van der Waals surface area contributed by atoms with E-state index in [9.17, 15) is 4.39 Å². The van der Waals surface area contributed by atoms with Crippen LogP contribution in [0.4, 0.5) is 16.0 Å². The van der Waals surface area contributed by atoms with Gasteiger partial charge >= 0.3 is 0 Å². The highest BCUT2D eigenvalue weighted by Crippen LogP contribution is 2.23. The second-order valence-corrected chi connectivity index (χ2v) is 7.45. The van der Waals surface area contributed by atoms with Crippen molar-refractivity contribution in [3.8, 4) is 11.6 Å². The molecule has 2 N–H and O–H groups in total. The van der Waals surface area contributed by atoms with Crippen molar-refractivity contribution < 1.29 is 8.81 Å². The number of hydrogen-bond donors (Lipinski definition) is 1. The highest BCUT2D eigenvalue weighted by molar-refractivity contribution is 5.57. The van der Waals surface area contributed by atoms with Gasteiger partial charge in [0.1, 0.15) is 17.5 Å². The van der Waals surface area contributed by atoms with Crippen molar-refractivity contribution >= 4 is 17.4 Å². The Morgan fingerprint density at radius 2 is 1.75 bits per heavy atom. The van der Waals surface area contributed by atoms with E-state index < -0.39 is 0 Å². The van der Waals surface area contributed by atoms with Gasteiger partial charge in [0.25, 0.3) is 5.78 Å². The summed E-state index contributed by atoms with van der Waals surface area (Å²) in [6.45, 7) is 1.25. The molecule has 5 rings (SSSR count). The maximum absolute atomic E-state index is 13.4. The van der Waals surface area contributed by atoms with Crippen molar-refractivity contribution in [2.75, 3.05) is 17.2 Å². The van der Waals surface area contributed by atoms with Gasteiger partial charge in [-0.1, -0.05) is 42.5 Å². The maximum atomic E-state index is 13.4. The summed E-state index contributed by atoms with van der Waals surface area (Å²) in [5.74, 6) is 2.18. The van der Waals surface area contributed by atoms with Crippen LogP contribution in [-0.4, -0.2) is 26.1 Å². The van der Waals surface area contributed by atoms with Crippen molar-refractivity contribution in [1.82, 2.24) is 19.6 Å². The highest BCUT2D eigenvalue weighted by atomic mass is 19.1. The van der Waals surface area contributed by atoms with E-state index in [0.717, 1.165) is 12.0 Å². The molecule has 0 atom stereocenters. The van der Waals surface area contributed by atoms with Gasteiger partial charge in [-0.05, 0) is 41.8 Å². The third-order valence-electron chi connectivity index (χ3n) is 5.19. The number of nitrogen functional groups attached to an aromatic ring is 1. The van der Waals surface area contributed by atoms with Gasteiger partial charge in [0.15, 0.2) is 5.76 Å². The molecule has 0 unspecified atom stereocenters. The van der Waals surface area contributed by atoms with Crippen LogP contribution >= 0.6 is 0 Å². The lowest BCUT2D eigenvalue weighted by Gasteiger charge is -2.24. The summed E-state index contributed by atoms with van der Waals surface area (Å²) in [6, 6.07) is 22.0. The third-order valence-corrected chi connectivity index (χ3v) is 5.19. The molecule has 32 heavy (non-hydrogen) atoms. The van der Waals surface area contributed by atoms with E-state index in [4.69, 9.17) is 15.1 Å². The average Bonchev–Trinajstić information content (AvgIpc) is 3.49. The zero-order valence-corrected chi connectivity index (χ0v) is 17.2. The molecule has 0 aliphatic rings. The first-order valence-corrected chi connectivity index (χ1v) is 10.3. The summed E-state index contributed by atoms with van der Waals surface area (Å²) >= 11 is 0. The minimum absolute atomic E-state index is 0.262. The van der Waals surface area contributed by atoms with Gasteiger partial charge in [0.2, 0.25) is 5.82 Å². The number of benzene rings is 2. The smallest absolute Gasteiger partial charge is 0.256 e. The largest absolute Gasteiger partial charge is 0.461 e. The first-order valence-electron chi connectivity index (χ1n) is 10.3. The summed E-state index contributed by atoms with van der Waals surface area (Å²) in [4.78, 5) is 11.3. The molecule has 3 aromatic heterocycles. The molecule has 0 aliphatic heterocycles. The summed E-state index contributed by atoms with van der Waals surface area (Å²) < 4.78 is 20.3. The number of rotatable bonds is 7. The Balaban J connectivity index is 1.49. The number of furan rings is 1. The predicted octanol–water partition coefficient (Wildman–Crippen LogP) is 4.35. The molecule has 0 aliphatic carbocycles. The molecule has 0 fully saturated rings. The van der Waals surface area contributed by atoms with Gasteiger partial charge in [-0.2, -0.15) is 14.5 Å². The Labute approximate surface area is 184 Å². The molecule has 0 radical (unpaired) electrons. The van der Waals surface area contributed by atoms with Crippen LogP contribution in [0, 0.1) is 5.82 Å². The Bertz CT molecular complexity index is 1320. The third kappa shape index (κ3) is 4.15. The van der Waals surface area contributed by atoms with E-state index in [0.29, 0.717) is 42.1 Å². The average molecular weight is 428 g/mol. The van der Waals surface area contributed by atoms with E-state index in [1.54, 1.807) is 36.6 Å². The summed E-state index contributed by atoms with van der Waals surface area (Å²) in [7, 11) is 0. The molecule has 5 aromatic rings. The minimum Gasteiger partial charge on any atom is -0.461 e. The van der Waals surface area contributed by atoms with E-state index in [-0.39, 0.29) is 5.82 Å². The van der Waals surface area contributed by atoms with Crippen LogP contribution in [0.2, 0.25) is 0 Å². The Morgan fingerprint density at radius 3 is 2.50 bits per heavy atom. The molecule has 0 amide bonds. The zero-order chi connectivity index (χ0) is 21.9. The van der Waals surface area contributed by atoms with Crippen molar-refractivity contribution in [2.24, 2.45) is 0 Å². The Morgan fingerprint density at radius 1 is 0.938 bits per heavy atom. The van der Waals surface area contributed by atoms with E-state index in [1.807, 2.05) is 18.2 Å². The number of fused-ring (bicyclic) bond motifs is 1. The number of nitrogens with two attached hydrogens (primary N) is 1. The molecule has 0 saturated heterocycles. The standard InChI is InChI=1S/C24H21FN6O/c25-19-10-8-18(9-11-19)16-30(13-12-17-5-2-1-3-6-17)22-15-21(26)31-24(27-22)28-23(29-31)20-7-4-14-32-20/h1-11,14-15H,12-13,16,26H2. The fourth-order valence-electron chi connectivity index (χ4n) is 3.54.